The van der Waals surface area contributed by atoms with Gasteiger partial charge in [0.25, 0.3) is 0 Å². The van der Waals surface area contributed by atoms with E-state index in [1.165, 1.54) is 6.07 Å². The Bertz CT molecular complexity index is 1330. The first-order valence-corrected chi connectivity index (χ1v) is 13.7. The number of allylic oxidation sites excluding steroid dienone is 2. The number of hydrogen-bond donors (Lipinski definition) is 2. The number of carbonyl (C=O) groups excluding carboxylic acids is 3. The molecule has 0 bridgehead atoms. The summed E-state index contributed by atoms with van der Waals surface area (Å²) < 4.78 is 7.41. The number of halogens is 3. The van der Waals surface area contributed by atoms with E-state index in [-0.39, 0.29) is 11.5 Å². The third kappa shape index (κ3) is 10.8. The Morgan fingerprint density at radius 2 is 1.31 bits per heavy atom. The summed E-state index contributed by atoms with van der Waals surface area (Å²) in [6, 6.07) is 11.6. The van der Waals surface area contributed by atoms with Gasteiger partial charge in [-0.05, 0) is 60.9 Å². The Morgan fingerprint density at radius 3 is 1.87 bits per heavy atom. The lowest BCUT2D eigenvalue weighted by Crippen LogP contribution is -1.93. The van der Waals surface area contributed by atoms with Gasteiger partial charge in [-0.25, -0.2) is 0 Å². The lowest BCUT2D eigenvalue weighted by molar-refractivity contribution is 0.111. The average molecular weight is 723 g/mol. The second-order valence-electron chi connectivity index (χ2n) is 7.58. The van der Waals surface area contributed by atoms with Crippen molar-refractivity contribution in [2.45, 2.75) is 12.8 Å². The van der Waals surface area contributed by atoms with E-state index in [1.54, 1.807) is 54.6 Å². The Morgan fingerprint density at radius 1 is 0.692 bits per heavy atom. The van der Waals surface area contributed by atoms with Crippen molar-refractivity contribution in [3.8, 4) is 17.2 Å². The maximum atomic E-state index is 10.7. The van der Waals surface area contributed by atoms with Crippen LogP contribution in [0.4, 0.5) is 0 Å². The molecule has 0 radical (unpaired) electrons. The molecule has 0 atom stereocenters. The second kappa shape index (κ2) is 18.1. The van der Waals surface area contributed by atoms with Crippen molar-refractivity contribution in [3.63, 3.8) is 0 Å². The Labute approximate surface area is 253 Å². The largest absolute Gasteiger partial charge is 0.508 e. The molecule has 3 aromatic carbocycles. The number of benzene rings is 3. The first kappa shape index (κ1) is 33.8. The fourth-order valence-corrected chi connectivity index (χ4v) is 4.29. The van der Waals surface area contributed by atoms with E-state index in [0.29, 0.717) is 62.7 Å². The Hall–Kier alpha value is -3.27. The summed E-state index contributed by atoms with van der Waals surface area (Å²) in [4.78, 5) is 31.7. The van der Waals surface area contributed by atoms with E-state index in [1.807, 2.05) is 0 Å². The van der Waals surface area contributed by atoms with Gasteiger partial charge in [0.05, 0.1) is 0 Å². The van der Waals surface area contributed by atoms with Crippen molar-refractivity contribution in [2.24, 2.45) is 0 Å². The lowest BCUT2D eigenvalue weighted by atomic mass is 10.0. The number of phenols is 2. The van der Waals surface area contributed by atoms with Crippen LogP contribution in [0.2, 0.25) is 0 Å². The molecule has 0 aliphatic rings. The SMILES string of the molecule is C=CCOc1ccc(Br)c(C=O)c1.C=CCc1c(O)ccc(Br)c1C=O.C=CCc1cc(Br)c(C=O)cc1O. The van der Waals surface area contributed by atoms with Gasteiger partial charge in [0.2, 0.25) is 0 Å². The molecular weight excluding hydrogens is 696 g/mol. The van der Waals surface area contributed by atoms with Gasteiger partial charge in [0, 0.05) is 35.7 Å². The van der Waals surface area contributed by atoms with Crippen LogP contribution in [0, 0.1) is 0 Å². The first-order valence-electron chi connectivity index (χ1n) is 11.3. The Balaban J connectivity index is 0.000000292. The molecule has 0 aromatic heterocycles. The van der Waals surface area contributed by atoms with E-state index in [0.717, 1.165) is 22.6 Å². The molecule has 2 N–H and O–H groups in total. The van der Waals surface area contributed by atoms with Crippen molar-refractivity contribution in [1.82, 2.24) is 0 Å². The van der Waals surface area contributed by atoms with Gasteiger partial charge in [0.15, 0.2) is 18.9 Å². The highest BCUT2D eigenvalue weighted by Crippen LogP contribution is 2.28. The predicted molar refractivity (Wildman–Crippen MR) is 165 cm³/mol. The number of ether oxygens (including phenoxy) is 1. The van der Waals surface area contributed by atoms with E-state index in [9.17, 15) is 24.6 Å². The van der Waals surface area contributed by atoms with Gasteiger partial charge in [-0.15, -0.1) is 13.2 Å². The zero-order chi connectivity index (χ0) is 29.4. The van der Waals surface area contributed by atoms with Gasteiger partial charge in [-0.1, -0.05) is 72.6 Å². The fourth-order valence-electron chi connectivity index (χ4n) is 3.00. The van der Waals surface area contributed by atoms with Gasteiger partial charge in [0.1, 0.15) is 23.9 Å². The molecule has 0 aliphatic carbocycles. The van der Waals surface area contributed by atoms with Gasteiger partial charge in [-0.3, -0.25) is 14.4 Å². The topological polar surface area (TPSA) is 101 Å². The summed E-state index contributed by atoms with van der Waals surface area (Å²) in [6.07, 6.45) is 8.27. The highest BCUT2D eigenvalue weighted by molar-refractivity contribution is 9.11. The molecule has 0 fully saturated rings. The van der Waals surface area contributed by atoms with Crippen molar-refractivity contribution in [3.05, 3.63) is 122 Å². The maximum absolute atomic E-state index is 10.7. The van der Waals surface area contributed by atoms with Crippen LogP contribution in [-0.4, -0.2) is 35.7 Å². The summed E-state index contributed by atoms with van der Waals surface area (Å²) in [5.74, 6) is 0.931. The summed E-state index contributed by atoms with van der Waals surface area (Å²) >= 11 is 9.72. The minimum atomic E-state index is 0.130. The Kier molecular flexibility index (Phi) is 15.7. The van der Waals surface area contributed by atoms with E-state index >= 15 is 0 Å². The summed E-state index contributed by atoms with van der Waals surface area (Å²) in [5.41, 5.74) is 2.89. The first-order chi connectivity index (χ1) is 18.7. The molecule has 0 saturated heterocycles. The van der Waals surface area contributed by atoms with Gasteiger partial charge >= 0.3 is 0 Å². The van der Waals surface area contributed by atoms with Crippen molar-refractivity contribution < 1.29 is 29.3 Å². The molecule has 0 aliphatic heterocycles. The zero-order valence-electron chi connectivity index (χ0n) is 20.9. The normalized spacial score (nSPS) is 9.51. The molecule has 3 aromatic rings. The molecule has 0 saturated carbocycles. The summed E-state index contributed by atoms with van der Waals surface area (Å²) in [5, 5.41) is 18.9. The molecule has 0 amide bonds. The van der Waals surface area contributed by atoms with Crippen molar-refractivity contribution in [2.75, 3.05) is 6.61 Å². The molecule has 3 rings (SSSR count). The number of rotatable bonds is 10. The monoisotopic (exact) mass is 720 g/mol. The highest BCUT2D eigenvalue weighted by atomic mass is 79.9. The van der Waals surface area contributed by atoms with Crippen molar-refractivity contribution >= 4 is 66.6 Å². The number of aldehydes is 3. The van der Waals surface area contributed by atoms with Crippen LogP contribution in [0.15, 0.2) is 93.8 Å². The van der Waals surface area contributed by atoms with Crippen LogP contribution in [-0.2, 0) is 12.8 Å². The zero-order valence-corrected chi connectivity index (χ0v) is 25.7. The number of aromatic hydroxyl groups is 2. The number of hydrogen-bond acceptors (Lipinski definition) is 6. The van der Waals surface area contributed by atoms with Crippen LogP contribution in [0.3, 0.4) is 0 Å². The van der Waals surface area contributed by atoms with Crippen LogP contribution in [0.25, 0.3) is 0 Å². The minimum absolute atomic E-state index is 0.130. The van der Waals surface area contributed by atoms with Crippen LogP contribution >= 0.6 is 47.8 Å². The number of phenolic OH excluding ortho intramolecular Hbond substituents is 2. The molecular formula is C30H27Br3O6. The predicted octanol–water partition coefficient (Wildman–Crippen LogP) is 8.22. The van der Waals surface area contributed by atoms with E-state index in [4.69, 9.17) is 4.74 Å². The molecule has 0 spiro atoms. The van der Waals surface area contributed by atoms with Gasteiger partial charge < -0.3 is 14.9 Å². The average Bonchev–Trinajstić information content (AvgIpc) is 2.93. The molecule has 6 nitrogen and oxygen atoms in total. The van der Waals surface area contributed by atoms with Crippen LogP contribution < -0.4 is 4.74 Å². The quantitative estimate of drug-likeness (QED) is 0.162. The van der Waals surface area contributed by atoms with Gasteiger partial charge in [-0.2, -0.15) is 0 Å². The third-order valence-corrected chi connectivity index (χ3v) is 7.00. The van der Waals surface area contributed by atoms with Crippen LogP contribution in [0.5, 0.6) is 17.2 Å². The molecule has 204 valence electrons. The molecule has 0 heterocycles. The van der Waals surface area contributed by atoms with Crippen molar-refractivity contribution in [1.29, 1.82) is 0 Å². The standard InChI is InChI=1S/3C10H9BrO2/c1-2-5-13-9-3-4-10(11)8(6-9)7-12;1-2-3-7-4-9(11)8(6-12)5-10(7)13;1-2-3-7-8(6-12)9(11)4-5-10(7)13/h2-4,6-7H,1,5H2;2*2,4-6,13H,1,3H2. The summed E-state index contributed by atoms with van der Waals surface area (Å²) in [6.45, 7) is 11.1. The smallest absolute Gasteiger partial charge is 0.151 e. The maximum Gasteiger partial charge on any atom is 0.151 e. The van der Waals surface area contributed by atoms with Crippen LogP contribution in [0.1, 0.15) is 42.2 Å². The number of carbonyl (C=O) groups is 3. The fraction of sp³-hybridized carbons (Fsp3) is 0.100. The summed E-state index contributed by atoms with van der Waals surface area (Å²) in [7, 11) is 0. The molecule has 0 unspecified atom stereocenters. The highest BCUT2D eigenvalue weighted by Gasteiger charge is 2.09. The third-order valence-electron chi connectivity index (χ3n) is 4.90. The lowest BCUT2D eigenvalue weighted by Gasteiger charge is -2.06. The van der Waals surface area contributed by atoms with E-state index in [2.05, 4.69) is 67.5 Å². The molecule has 9 heteroatoms. The minimum Gasteiger partial charge on any atom is -0.508 e. The second-order valence-corrected chi connectivity index (χ2v) is 10.1. The molecule has 39 heavy (non-hydrogen) atoms. The van der Waals surface area contributed by atoms with E-state index < -0.39 is 0 Å².